The van der Waals surface area contributed by atoms with E-state index in [0.29, 0.717) is 43.9 Å². The van der Waals surface area contributed by atoms with Crippen LogP contribution in [0.15, 0.2) is 42.5 Å². The van der Waals surface area contributed by atoms with E-state index in [0.717, 1.165) is 23.1 Å². The van der Waals surface area contributed by atoms with Crippen LogP contribution in [0.5, 0.6) is 11.5 Å². The molecule has 2 amide bonds. The lowest BCUT2D eigenvalue weighted by molar-refractivity contribution is -0.140. The van der Waals surface area contributed by atoms with Crippen LogP contribution >= 0.6 is 0 Å². The van der Waals surface area contributed by atoms with Gasteiger partial charge in [0.05, 0.1) is 38.8 Å². The number of amides is 2. The van der Waals surface area contributed by atoms with Gasteiger partial charge in [0, 0.05) is 13.1 Å². The van der Waals surface area contributed by atoms with Gasteiger partial charge in [-0.3, -0.25) is 9.59 Å². The number of carbonyl (C=O) groups excluding carboxylic acids is 2. The number of benzene rings is 2. The lowest BCUT2D eigenvalue weighted by Gasteiger charge is -2.38. The summed E-state index contributed by atoms with van der Waals surface area (Å²) in [6, 6.07) is 14.5. The average Bonchev–Trinajstić information content (AvgIpc) is 3.37. The summed E-state index contributed by atoms with van der Waals surface area (Å²) in [6.07, 6.45) is 2.62. The molecule has 3 unspecified atom stereocenters. The summed E-state index contributed by atoms with van der Waals surface area (Å²) in [6.45, 7) is 1.03. The van der Waals surface area contributed by atoms with Crippen molar-refractivity contribution in [3.8, 4) is 17.6 Å². The molecule has 8 heteroatoms. The number of nitrogens with two attached hydrogens (primary N) is 1. The number of hydrogen-bond acceptors (Lipinski definition) is 6. The molecule has 184 valence electrons. The zero-order valence-electron chi connectivity index (χ0n) is 20.3. The first kappa shape index (κ1) is 24.6. The molecular formula is C27H32N4O4. The quantitative estimate of drug-likeness (QED) is 0.658. The topological polar surface area (TPSA) is 109 Å². The molecule has 0 aromatic heterocycles. The van der Waals surface area contributed by atoms with Gasteiger partial charge in [-0.05, 0) is 54.5 Å². The third-order valence-corrected chi connectivity index (χ3v) is 6.99. The van der Waals surface area contributed by atoms with E-state index in [2.05, 4.69) is 6.07 Å². The van der Waals surface area contributed by atoms with Crippen molar-refractivity contribution in [3.05, 3.63) is 59.2 Å². The van der Waals surface area contributed by atoms with Crippen LogP contribution in [-0.2, 0) is 22.4 Å². The van der Waals surface area contributed by atoms with E-state index < -0.39 is 12.1 Å². The van der Waals surface area contributed by atoms with Crippen molar-refractivity contribution in [3.63, 3.8) is 0 Å². The van der Waals surface area contributed by atoms with Crippen molar-refractivity contribution in [2.75, 3.05) is 27.3 Å². The van der Waals surface area contributed by atoms with E-state index in [4.69, 9.17) is 15.2 Å². The second-order valence-corrected chi connectivity index (χ2v) is 9.08. The fourth-order valence-electron chi connectivity index (χ4n) is 5.15. The second kappa shape index (κ2) is 10.8. The summed E-state index contributed by atoms with van der Waals surface area (Å²) in [5.41, 5.74) is 9.44. The van der Waals surface area contributed by atoms with E-state index in [1.54, 1.807) is 14.2 Å². The summed E-state index contributed by atoms with van der Waals surface area (Å²) >= 11 is 0. The number of hydrogen-bond donors (Lipinski definition) is 1. The third-order valence-electron chi connectivity index (χ3n) is 6.99. The molecule has 0 bridgehead atoms. The number of ether oxygens (including phenoxy) is 2. The lowest BCUT2D eigenvalue weighted by Crippen LogP contribution is -2.49. The van der Waals surface area contributed by atoms with Crippen molar-refractivity contribution >= 4 is 11.8 Å². The number of methoxy groups -OCH3 is 2. The molecule has 2 aromatic carbocycles. The highest BCUT2D eigenvalue weighted by molar-refractivity contribution is 5.89. The predicted octanol–water partition coefficient (Wildman–Crippen LogP) is 2.60. The molecule has 2 heterocycles. The molecule has 0 radical (unpaired) electrons. The van der Waals surface area contributed by atoms with Crippen LogP contribution in [0.1, 0.15) is 42.0 Å². The van der Waals surface area contributed by atoms with Gasteiger partial charge in [0.15, 0.2) is 11.5 Å². The van der Waals surface area contributed by atoms with Crippen LogP contribution in [0.2, 0.25) is 0 Å². The standard InChI is InChI=1S/C27H32N4O4/c1-34-24-14-19-10-12-31(26(32)16-22(29)27(33)30-11-6-9-20(30)17-28)23(21(19)15-25(24)35-2)13-18-7-4-3-5-8-18/h3-5,7-8,14-15,20,22-23H,6,9-13,16,29H2,1-2H3. The van der Waals surface area contributed by atoms with Crippen LogP contribution in [0, 0.1) is 11.3 Å². The van der Waals surface area contributed by atoms with Crippen molar-refractivity contribution in [2.45, 2.75) is 50.2 Å². The van der Waals surface area contributed by atoms with E-state index in [1.807, 2.05) is 47.4 Å². The van der Waals surface area contributed by atoms with Gasteiger partial charge in [-0.15, -0.1) is 0 Å². The van der Waals surface area contributed by atoms with E-state index in [1.165, 1.54) is 4.90 Å². The Morgan fingerprint density at radius 2 is 1.83 bits per heavy atom. The average molecular weight is 477 g/mol. The fourth-order valence-corrected chi connectivity index (χ4v) is 5.15. The van der Waals surface area contributed by atoms with E-state index >= 15 is 0 Å². The zero-order chi connectivity index (χ0) is 24.9. The minimum atomic E-state index is -0.972. The zero-order valence-corrected chi connectivity index (χ0v) is 20.3. The molecule has 1 fully saturated rings. The van der Waals surface area contributed by atoms with Gasteiger partial charge in [-0.1, -0.05) is 30.3 Å². The molecule has 3 atom stereocenters. The van der Waals surface area contributed by atoms with Gasteiger partial charge in [0.25, 0.3) is 0 Å². The molecule has 2 aromatic rings. The fraction of sp³-hybridized carbons (Fsp3) is 0.444. The smallest absolute Gasteiger partial charge is 0.241 e. The van der Waals surface area contributed by atoms with Gasteiger partial charge in [-0.25, -0.2) is 0 Å². The van der Waals surface area contributed by atoms with Crippen molar-refractivity contribution in [1.29, 1.82) is 5.26 Å². The molecule has 8 nitrogen and oxygen atoms in total. The first-order chi connectivity index (χ1) is 17.0. The second-order valence-electron chi connectivity index (χ2n) is 9.08. The SMILES string of the molecule is COc1cc2c(cc1OC)C(Cc1ccccc1)N(C(=O)CC(N)C(=O)N1CCCC1C#N)CC2. The molecular weight excluding hydrogens is 444 g/mol. The van der Waals surface area contributed by atoms with Gasteiger partial charge in [0.1, 0.15) is 6.04 Å². The summed E-state index contributed by atoms with van der Waals surface area (Å²) in [7, 11) is 3.21. The maximum absolute atomic E-state index is 13.5. The molecule has 2 aliphatic rings. The minimum absolute atomic E-state index is 0.0958. The Morgan fingerprint density at radius 3 is 2.51 bits per heavy atom. The normalized spacial score (nSPS) is 20.1. The molecule has 35 heavy (non-hydrogen) atoms. The van der Waals surface area contributed by atoms with E-state index in [9.17, 15) is 14.9 Å². The summed E-state index contributed by atoms with van der Waals surface area (Å²) in [5, 5.41) is 9.32. The molecule has 2 aliphatic heterocycles. The monoisotopic (exact) mass is 476 g/mol. The molecule has 2 N–H and O–H groups in total. The van der Waals surface area contributed by atoms with Crippen LogP contribution < -0.4 is 15.2 Å². The van der Waals surface area contributed by atoms with Crippen molar-refractivity contribution in [2.24, 2.45) is 5.73 Å². The highest BCUT2D eigenvalue weighted by Gasteiger charge is 2.36. The third kappa shape index (κ3) is 5.10. The molecule has 1 saturated heterocycles. The highest BCUT2D eigenvalue weighted by Crippen LogP contribution is 2.39. The Labute approximate surface area is 206 Å². The van der Waals surface area contributed by atoms with Crippen LogP contribution in [-0.4, -0.2) is 61.0 Å². The van der Waals surface area contributed by atoms with Gasteiger partial charge >= 0.3 is 0 Å². The molecule has 4 rings (SSSR count). The lowest BCUT2D eigenvalue weighted by atomic mass is 9.87. The highest BCUT2D eigenvalue weighted by atomic mass is 16.5. The van der Waals surface area contributed by atoms with Gasteiger partial charge in [-0.2, -0.15) is 5.26 Å². The number of carbonyl (C=O) groups is 2. The van der Waals surface area contributed by atoms with Crippen molar-refractivity contribution < 1.29 is 19.1 Å². The summed E-state index contributed by atoms with van der Waals surface area (Å²) < 4.78 is 11.0. The number of rotatable bonds is 7. The first-order valence-electron chi connectivity index (χ1n) is 12.0. The molecule has 0 spiro atoms. The van der Waals surface area contributed by atoms with Crippen molar-refractivity contribution in [1.82, 2.24) is 9.80 Å². The Morgan fingerprint density at radius 1 is 1.11 bits per heavy atom. The molecule has 0 aliphatic carbocycles. The Hall–Kier alpha value is -3.57. The largest absolute Gasteiger partial charge is 0.493 e. The maximum Gasteiger partial charge on any atom is 0.241 e. The Bertz CT molecular complexity index is 1110. The first-order valence-corrected chi connectivity index (χ1v) is 12.0. The molecule has 0 saturated carbocycles. The summed E-state index contributed by atoms with van der Waals surface area (Å²) in [4.78, 5) is 29.8. The van der Waals surface area contributed by atoms with Gasteiger partial charge in [0.2, 0.25) is 11.8 Å². The number of fused-ring (bicyclic) bond motifs is 1. The summed E-state index contributed by atoms with van der Waals surface area (Å²) in [5.74, 6) is 0.780. The van der Waals surface area contributed by atoms with Crippen LogP contribution in [0.25, 0.3) is 0 Å². The minimum Gasteiger partial charge on any atom is -0.493 e. The predicted molar refractivity (Wildman–Crippen MR) is 131 cm³/mol. The van der Waals surface area contributed by atoms with Gasteiger partial charge < -0.3 is 25.0 Å². The number of likely N-dealkylation sites (tertiary alicyclic amines) is 1. The van der Waals surface area contributed by atoms with Crippen LogP contribution in [0.4, 0.5) is 0 Å². The maximum atomic E-state index is 13.5. The Balaban J connectivity index is 1.59. The van der Waals surface area contributed by atoms with Crippen LogP contribution in [0.3, 0.4) is 0 Å². The Kier molecular flexibility index (Phi) is 7.57. The van der Waals surface area contributed by atoms with E-state index in [-0.39, 0.29) is 24.3 Å². The number of nitriles is 1. The number of nitrogens with zero attached hydrogens (tertiary/aromatic N) is 3.